The van der Waals surface area contributed by atoms with E-state index < -0.39 is 9.20 Å². The molecule has 0 atom stereocenters. The zero-order valence-electron chi connectivity index (χ0n) is 6.16. The van der Waals surface area contributed by atoms with E-state index in [4.69, 9.17) is 22.8 Å². The summed E-state index contributed by atoms with van der Waals surface area (Å²) in [5.74, 6) is 0. The van der Waals surface area contributed by atoms with Crippen LogP contribution in [0.4, 0.5) is 0 Å². The van der Waals surface area contributed by atoms with E-state index in [1.807, 2.05) is 6.55 Å². The molecule has 6 heteroatoms. The Balaban J connectivity index is -0.0000000933. The fourth-order valence-corrected chi connectivity index (χ4v) is 0.306. The molecule has 0 saturated carbocycles. The molecular formula is C5H8O2Si4. The van der Waals surface area contributed by atoms with Gasteiger partial charge in [0.05, 0.1) is 0 Å². The highest BCUT2D eigenvalue weighted by Crippen LogP contribution is 1.32. The average molecular weight is 212 g/mol. The van der Waals surface area contributed by atoms with Crippen LogP contribution in [0.2, 0.25) is 6.55 Å². The summed E-state index contributed by atoms with van der Waals surface area (Å²) in [6.07, 6.45) is 0. The molecule has 0 amide bonds. The Morgan fingerprint density at radius 1 is 1.09 bits per heavy atom. The van der Waals surface area contributed by atoms with Crippen molar-refractivity contribution < 1.29 is 8.91 Å². The maximum atomic E-state index is 7.38. The molecule has 0 spiro atoms. The van der Waals surface area contributed by atoms with Crippen LogP contribution in [0.15, 0.2) is 0 Å². The molecule has 0 bridgehead atoms. The highest BCUT2D eigenvalue weighted by Gasteiger charge is 1.47. The summed E-state index contributed by atoms with van der Waals surface area (Å²) in [6.45, 7) is 1.93. The van der Waals surface area contributed by atoms with Gasteiger partial charge >= 0.3 is 0 Å². The first-order chi connectivity index (χ1) is 5.24. The van der Waals surface area contributed by atoms with E-state index in [0.29, 0.717) is 8.96 Å². The van der Waals surface area contributed by atoms with Crippen LogP contribution in [0.3, 0.4) is 0 Å². The standard InChI is InChI=1S/C2H2OSi2.C2H4Si.CH2OSi/c1-4-3-5-2;2*1-3-2/h1-2H;1H,2H3;1-2H. The van der Waals surface area contributed by atoms with Crippen molar-refractivity contribution in [2.45, 2.75) is 6.55 Å². The Hall–Kier alpha value is -0.412. The molecule has 0 aromatic heterocycles. The molecule has 11 heavy (non-hydrogen) atoms. The lowest BCUT2D eigenvalue weighted by Crippen LogP contribution is -1.76. The lowest BCUT2D eigenvalue weighted by molar-refractivity contribution is 0.625. The van der Waals surface area contributed by atoms with E-state index in [2.05, 4.69) is 10.1 Å². The van der Waals surface area contributed by atoms with Gasteiger partial charge in [-0.15, -0.1) is 18.0 Å². The minimum absolute atomic E-state index is 0.0451. The Labute approximate surface area is 76.4 Å². The van der Waals surface area contributed by atoms with Crippen molar-refractivity contribution in [3.05, 3.63) is 0 Å². The summed E-state index contributed by atoms with van der Waals surface area (Å²) in [4.78, 5) is 7.38. The van der Waals surface area contributed by atoms with Gasteiger partial charge < -0.3 is 8.91 Å². The molecule has 0 heterocycles. The summed E-state index contributed by atoms with van der Waals surface area (Å²) < 4.78 is 4.44. The van der Waals surface area contributed by atoms with E-state index in [1.54, 1.807) is 0 Å². The van der Waals surface area contributed by atoms with E-state index in [1.165, 1.54) is 0 Å². The summed E-state index contributed by atoms with van der Waals surface area (Å²) in [5.41, 5.74) is 0. The highest BCUT2D eigenvalue weighted by molar-refractivity contribution is 6.28. The van der Waals surface area contributed by atoms with Crippen LogP contribution in [-0.4, -0.2) is 41.4 Å². The van der Waals surface area contributed by atoms with Crippen LogP contribution in [0.1, 0.15) is 0 Å². The molecule has 1 N–H and O–H groups in total. The molecule has 2 nitrogen and oxygen atoms in total. The molecule has 0 aliphatic carbocycles. The van der Waals surface area contributed by atoms with Gasteiger partial charge in [0.1, 0.15) is 0 Å². The second-order valence-electron chi connectivity index (χ2n) is 0.756. The van der Waals surface area contributed by atoms with Crippen molar-refractivity contribution in [1.82, 2.24) is 0 Å². The Morgan fingerprint density at radius 2 is 1.27 bits per heavy atom. The van der Waals surface area contributed by atoms with Gasteiger partial charge in [0.2, 0.25) is 27.6 Å². The Morgan fingerprint density at radius 3 is 1.27 bits per heavy atom. The smallest absolute Gasteiger partial charge is 0.240 e. The van der Waals surface area contributed by atoms with E-state index >= 15 is 0 Å². The predicted molar refractivity (Wildman–Crippen MR) is 52.0 cm³/mol. The monoisotopic (exact) mass is 212 g/mol. The molecule has 0 saturated heterocycles. The Kier molecular flexibility index (Phi) is 51.6. The van der Waals surface area contributed by atoms with E-state index in [-0.39, 0.29) is 18.4 Å². The third-order valence-corrected chi connectivity index (χ3v) is 1.06. The minimum atomic E-state index is -0.417. The fourth-order valence-electron chi connectivity index (χ4n) is 0.0340. The van der Waals surface area contributed by atoms with Crippen molar-refractivity contribution in [2.24, 2.45) is 0 Å². The van der Waals surface area contributed by atoms with Crippen molar-refractivity contribution in [3.8, 4) is 24.0 Å². The molecule has 56 valence electrons. The van der Waals surface area contributed by atoms with Gasteiger partial charge in [-0.05, 0) is 15.5 Å². The minimum Gasteiger partial charge on any atom is -0.521 e. The average Bonchev–Trinajstić information content (AvgIpc) is 1.92. The number of hydrogen-bond acceptors (Lipinski definition) is 2. The first-order valence-corrected chi connectivity index (χ1v) is 6.86. The van der Waals surface area contributed by atoms with E-state index in [0.717, 1.165) is 0 Å². The van der Waals surface area contributed by atoms with Crippen molar-refractivity contribution in [2.75, 3.05) is 0 Å². The molecule has 0 unspecified atom stereocenters. The zero-order chi connectivity index (χ0) is 9.54. The largest absolute Gasteiger partial charge is 0.521 e. The summed E-state index contributed by atoms with van der Waals surface area (Å²) in [7, 11) is 0.257. The topological polar surface area (TPSA) is 29.5 Å². The van der Waals surface area contributed by atoms with Gasteiger partial charge in [-0.1, -0.05) is 0 Å². The van der Waals surface area contributed by atoms with Gasteiger partial charge in [-0.3, -0.25) is 0 Å². The Bertz CT molecular complexity index is 187. The lowest BCUT2D eigenvalue weighted by Gasteiger charge is -1.66. The van der Waals surface area contributed by atoms with Gasteiger partial charge in [0, 0.05) is 0 Å². The summed E-state index contributed by atoms with van der Waals surface area (Å²) in [5, 5.41) is 0. The first-order valence-electron chi connectivity index (χ1n) is 2.29. The number of hydrogen-bond donors (Lipinski definition) is 1. The second-order valence-corrected chi connectivity index (χ2v) is 2.88. The molecule has 0 radical (unpaired) electrons. The van der Waals surface area contributed by atoms with E-state index in [9.17, 15) is 0 Å². The van der Waals surface area contributed by atoms with Gasteiger partial charge in [0.15, 0.2) is 0 Å². The molecule has 0 aromatic rings. The molecular weight excluding hydrogens is 204 g/mol. The lowest BCUT2D eigenvalue weighted by atomic mass is 11.9. The van der Waals surface area contributed by atoms with Crippen molar-refractivity contribution in [3.63, 3.8) is 0 Å². The van der Waals surface area contributed by atoms with Crippen LogP contribution < -0.4 is 0 Å². The quantitative estimate of drug-likeness (QED) is 0.519. The third kappa shape index (κ3) is 219. The normalized spacial score (nSPS) is 3.00. The molecule has 0 aliphatic rings. The highest BCUT2D eigenvalue weighted by atomic mass is 28.3. The zero-order valence-corrected chi connectivity index (χ0v) is 10.2. The van der Waals surface area contributed by atoms with Crippen LogP contribution in [0, 0.1) is 24.0 Å². The van der Waals surface area contributed by atoms with Crippen molar-refractivity contribution >= 4 is 36.6 Å². The first kappa shape index (κ1) is 16.9. The van der Waals surface area contributed by atoms with Crippen LogP contribution in [0.5, 0.6) is 0 Å². The SMILES string of the molecule is C#[Si]C.C#[Si]O.C#[Si]O[Si]#C. The molecule has 0 aromatic carbocycles. The molecule has 0 aliphatic heterocycles. The fraction of sp³-hybridized carbons (Fsp3) is 0.200. The maximum absolute atomic E-state index is 7.38. The maximum Gasteiger partial charge on any atom is 0.240 e. The summed E-state index contributed by atoms with van der Waals surface area (Å²) >= 11 is 0. The van der Waals surface area contributed by atoms with Crippen LogP contribution in [0.25, 0.3) is 0 Å². The van der Waals surface area contributed by atoms with Crippen LogP contribution in [-0.2, 0) is 4.12 Å². The number of rotatable bonds is 0. The van der Waals surface area contributed by atoms with Gasteiger partial charge in [0.25, 0.3) is 0 Å². The van der Waals surface area contributed by atoms with Crippen LogP contribution >= 0.6 is 0 Å². The summed E-state index contributed by atoms with van der Waals surface area (Å²) in [6, 6.07) is 19.0. The van der Waals surface area contributed by atoms with Gasteiger partial charge in [-0.2, -0.15) is 6.00 Å². The second kappa shape index (κ2) is 33.6. The van der Waals surface area contributed by atoms with Gasteiger partial charge in [-0.25, -0.2) is 0 Å². The predicted octanol–water partition coefficient (Wildman–Crippen LogP) is -1.07. The third-order valence-electron chi connectivity index (χ3n) is 0.118. The molecule has 0 fully saturated rings. The van der Waals surface area contributed by atoms with Crippen molar-refractivity contribution in [1.29, 1.82) is 0 Å². The molecule has 0 rings (SSSR count).